The van der Waals surface area contributed by atoms with Crippen LogP contribution >= 0.6 is 0 Å². The molecule has 3 rings (SSSR count). The van der Waals surface area contributed by atoms with Crippen LogP contribution in [0.3, 0.4) is 0 Å². The van der Waals surface area contributed by atoms with E-state index >= 15 is 0 Å². The fourth-order valence-corrected chi connectivity index (χ4v) is 3.46. The topological polar surface area (TPSA) is 61.5 Å². The van der Waals surface area contributed by atoms with E-state index in [0.29, 0.717) is 0 Å². The van der Waals surface area contributed by atoms with Crippen LogP contribution in [0.4, 0.5) is 4.79 Å². The highest BCUT2D eigenvalue weighted by atomic mass is 16.6. The molecule has 0 saturated carbocycles. The first kappa shape index (κ1) is 14.4. The molecule has 0 aliphatic carbocycles. The van der Waals surface area contributed by atoms with Crippen molar-refractivity contribution < 1.29 is 9.53 Å². The van der Waals surface area contributed by atoms with Crippen LogP contribution in [0, 0.1) is 13.8 Å². The molecule has 2 saturated heterocycles. The predicted molar refractivity (Wildman–Crippen MR) is 79.0 cm³/mol. The van der Waals surface area contributed by atoms with E-state index < -0.39 is 0 Å². The van der Waals surface area contributed by atoms with E-state index in [1.54, 1.807) is 4.90 Å². The molecule has 0 unspecified atom stereocenters. The molecule has 6 heteroatoms. The molecule has 21 heavy (non-hydrogen) atoms. The normalized spacial score (nSPS) is 27.2. The van der Waals surface area contributed by atoms with Gasteiger partial charge in [0.1, 0.15) is 5.60 Å². The predicted octanol–water partition coefficient (Wildman–Crippen LogP) is 1.83. The summed E-state index contributed by atoms with van der Waals surface area (Å²) in [4.78, 5) is 15.8. The highest BCUT2D eigenvalue weighted by Crippen LogP contribution is 2.33. The van der Waals surface area contributed by atoms with Gasteiger partial charge in [-0.15, -0.1) is 0 Å². The van der Waals surface area contributed by atoms with Gasteiger partial charge in [-0.05, 0) is 33.2 Å². The number of likely N-dealkylation sites (tertiary alicyclic amines) is 1. The maximum Gasteiger partial charge on any atom is 0.410 e. The van der Waals surface area contributed by atoms with E-state index in [0.717, 1.165) is 56.8 Å². The standard InChI is InChI=1S/C15H24N4O2/c1-11-13(12(2)17-16-11)9-19-7-4-5-15(6-8-19)10-18(3)14(20)21-15/h4-10H2,1-3H3,(H,16,17)/t15-/m0/s1. The number of aromatic nitrogens is 2. The minimum atomic E-state index is -0.263. The Hall–Kier alpha value is -1.56. The molecule has 0 bridgehead atoms. The lowest BCUT2D eigenvalue weighted by atomic mass is 9.95. The first-order valence-corrected chi connectivity index (χ1v) is 7.66. The fraction of sp³-hybridized carbons (Fsp3) is 0.733. The highest BCUT2D eigenvalue weighted by Gasteiger charge is 2.44. The lowest BCUT2D eigenvalue weighted by Gasteiger charge is -2.25. The van der Waals surface area contributed by atoms with Crippen molar-refractivity contribution in [3.05, 3.63) is 17.0 Å². The summed E-state index contributed by atoms with van der Waals surface area (Å²) in [7, 11) is 1.82. The average molecular weight is 292 g/mol. The minimum absolute atomic E-state index is 0.176. The molecule has 1 N–H and O–H groups in total. The summed E-state index contributed by atoms with van der Waals surface area (Å²) in [6, 6.07) is 0. The van der Waals surface area contributed by atoms with Gasteiger partial charge in [-0.3, -0.25) is 10.00 Å². The van der Waals surface area contributed by atoms with Gasteiger partial charge < -0.3 is 9.64 Å². The summed E-state index contributed by atoms with van der Waals surface area (Å²) in [5.74, 6) is 0. The van der Waals surface area contributed by atoms with E-state index in [2.05, 4.69) is 22.0 Å². The second-order valence-electron chi connectivity index (χ2n) is 6.45. The molecule has 116 valence electrons. The first-order valence-electron chi connectivity index (χ1n) is 7.66. The summed E-state index contributed by atoms with van der Waals surface area (Å²) in [6.45, 7) is 7.78. The van der Waals surface area contributed by atoms with Gasteiger partial charge in [0.2, 0.25) is 0 Å². The molecule has 2 aliphatic rings. The summed E-state index contributed by atoms with van der Waals surface area (Å²) < 4.78 is 5.65. The number of likely N-dealkylation sites (N-methyl/N-ethyl adjacent to an activating group) is 1. The number of nitrogens with zero attached hydrogens (tertiary/aromatic N) is 3. The minimum Gasteiger partial charge on any atom is -0.441 e. The molecule has 2 fully saturated rings. The van der Waals surface area contributed by atoms with E-state index in [-0.39, 0.29) is 11.7 Å². The van der Waals surface area contributed by atoms with Crippen molar-refractivity contribution in [1.82, 2.24) is 20.0 Å². The van der Waals surface area contributed by atoms with Gasteiger partial charge in [-0.2, -0.15) is 5.10 Å². The number of carbonyl (C=O) groups is 1. The fourth-order valence-electron chi connectivity index (χ4n) is 3.46. The number of carbonyl (C=O) groups excluding carboxylic acids is 1. The van der Waals surface area contributed by atoms with E-state index in [9.17, 15) is 4.79 Å². The van der Waals surface area contributed by atoms with Gasteiger partial charge in [-0.25, -0.2) is 4.79 Å². The molecular formula is C15H24N4O2. The Balaban J connectivity index is 1.65. The maximum absolute atomic E-state index is 11.7. The second kappa shape index (κ2) is 5.33. The Morgan fingerprint density at radius 2 is 2.14 bits per heavy atom. The van der Waals surface area contributed by atoms with Crippen molar-refractivity contribution in [3.63, 3.8) is 0 Å². The van der Waals surface area contributed by atoms with E-state index in [1.807, 2.05) is 14.0 Å². The van der Waals surface area contributed by atoms with E-state index in [1.165, 1.54) is 5.56 Å². The molecule has 3 heterocycles. The Kier molecular flexibility index (Phi) is 3.65. The number of aromatic amines is 1. The van der Waals surface area contributed by atoms with Crippen LogP contribution in [0.25, 0.3) is 0 Å². The third-order valence-electron chi connectivity index (χ3n) is 4.79. The SMILES string of the molecule is Cc1n[nH]c(C)c1CN1CCC[C@]2(CC1)CN(C)C(=O)O2. The van der Waals surface area contributed by atoms with Gasteiger partial charge in [0.25, 0.3) is 0 Å². The number of aryl methyl sites for hydroxylation is 2. The maximum atomic E-state index is 11.7. The zero-order chi connectivity index (χ0) is 15.0. The zero-order valence-electron chi connectivity index (χ0n) is 13.1. The molecule has 2 aliphatic heterocycles. The van der Waals surface area contributed by atoms with Gasteiger partial charge >= 0.3 is 6.09 Å². The Morgan fingerprint density at radius 3 is 2.76 bits per heavy atom. The summed E-state index contributed by atoms with van der Waals surface area (Å²) >= 11 is 0. The summed E-state index contributed by atoms with van der Waals surface area (Å²) in [6.07, 6.45) is 2.77. The molecule has 1 aromatic heterocycles. The molecule has 0 radical (unpaired) electrons. The van der Waals surface area contributed by atoms with Crippen LogP contribution in [0.1, 0.15) is 36.2 Å². The average Bonchev–Trinajstić information content (AvgIpc) is 2.81. The highest BCUT2D eigenvalue weighted by molar-refractivity contribution is 5.70. The number of amides is 1. The largest absolute Gasteiger partial charge is 0.441 e. The van der Waals surface area contributed by atoms with Crippen molar-refractivity contribution in [3.8, 4) is 0 Å². The zero-order valence-corrected chi connectivity index (χ0v) is 13.1. The van der Waals surface area contributed by atoms with Crippen molar-refractivity contribution >= 4 is 6.09 Å². The van der Waals surface area contributed by atoms with Gasteiger partial charge in [-0.1, -0.05) is 0 Å². The third-order valence-corrected chi connectivity index (χ3v) is 4.79. The number of H-pyrrole nitrogens is 1. The molecule has 1 aromatic rings. The van der Waals surface area contributed by atoms with Crippen molar-refractivity contribution in [2.45, 2.75) is 45.3 Å². The van der Waals surface area contributed by atoms with Crippen LogP contribution in [-0.2, 0) is 11.3 Å². The molecule has 0 aromatic carbocycles. The lowest BCUT2D eigenvalue weighted by Crippen LogP contribution is -2.35. The molecule has 1 amide bonds. The Bertz CT molecular complexity index is 522. The molecule has 6 nitrogen and oxygen atoms in total. The van der Waals surface area contributed by atoms with Gasteiger partial charge in [0, 0.05) is 37.8 Å². The second-order valence-corrected chi connectivity index (χ2v) is 6.45. The van der Waals surface area contributed by atoms with Crippen LogP contribution in [0.5, 0.6) is 0 Å². The van der Waals surface area contributed by atoms with Crippen LogP contribution < -0.4 is 0 Å². The Labute approximate surface area is 125 Å². The van der Waals surface area contributed by atoms with Crippen molar-refractivity contribution in [2.24, 2.45) is 0 Å². The number of hydrogen-bond donors (Lipinski definition) is 1. The van der Waals surface area contributed by atoms with Gasteiger partial charge in [0.15, 0.2) is 0 Å². The monoisotopic (exact) mass is 292 g/mol. The van der Waals surface area contributed by atoms with Crippen molar-refractivity contribution in [1.29, 1.82) is 0 Å². The molecular weight excluding hydrogens is 268 g/mol. The van der Waals surface area contributed by atoms with E-state index in [4.69, 9.17) is 4.74 Å². The Morgan fingerprint density at radius 1 is 1.33 bits per heavy atom. The lowest BCUT2D eigenvalue weighted by molar-refractivity contribution is 0.0443. The van der Waals surface area contributed by atoms with Crippen LogP contribution in [0.2, 0.25) is 0 Å². The van der Waals surface area contributed by atoms with Gasteiger partial charge in [0.05, 0.1) is 12.2 Å². The van der Waals surface area contributed by atoms with Crippen LogP contribution in [0.15, 0.2) is 0 Å². The summed E-state index contributed by atoms with van der Waals surface area (Å²) in [5.41, 5.74) is 3.27. The quantitative estimate of drug-likeness (QED) is 0.903. The molecule has 1 atom stereocenters. The summed E-state index contributed by atoms with van der Waals surface area (Å²) in [5, 5.41) is 7.32. The smallest absolute Gasteiger partial charge is 0.410 e. The third kappa shape index (κ3) is 2.77. The first-order chi connectivity index (χ1) is 9.99. The van der Waals surface area contributed by atoms with Crippen molar-refractivity contribution in [2.75, 3.05) is 26.7 Å². The number of hydrogen-bond acceptors (Lipinski definition) is 4. The number of rotatable bonds is 2. The number of ether oxygens (including phenoxy) is 1. The molecule has 1 spiro atoms. The van der Waals surface area contributed by atoms with Crippen LogP contribution in [-0.4, -0.2) is 58.4 Å². The number of nitrogens with one attached hydrogen (secondary N) is 1.